The molecule has 0 atom stereocenters. The number of hydrogen-bond donors (Lipinski definition) is 1. The van der Waals surface area contributed by atoms with Crippen LogP contribution in [0.5, 0.6) is 0 Å². The van der Waals surface area contributed by atoms with Gasteiger partial charge in [0, 0.05) is 51.9 Å². The summed E-state index contributed by atoms with van der Waals surface area (Å²) in [5, 5.41) is 2.91. The predicted octanol–water partition coefficient (Wildman–Crippen LogP) is 3.25. The molecule has 7 heteroatoms. The number of piperazine rings is 1. The Hall–Kier alpha value is -2.15. The minimum atomic E-state index is -0.110. The van der Waals surface area contributed by atoms with Crippen LogP contribution in [0.2, 0.25) is 0 Å². The number of hydrogen-bond acceptors (Lipinski definition) is 5. The molecule has 1 aromatic heterocycles. The lowest BCUT2D eigenvalue weighted by atomic mass is 9.86. The molecule has 2 heterocycles. The topological polar surface area (TPSA) is 74.8 Å². The average molecular weight is 431 g/mol. The van der Waals surface area contributed by atoms with Crippen molar-refractivity contribution in [3.63, 3.8) is 0 Å². The van der Waals surface area contributed by atoms with E-state index in [4.69, 9.17) is 4.74 Å². The Morgan fingerprint density at radius 2 is 1.87 bits per heavy atom. The fourth-order valence-corrected chi connectivity index (χ4v) is 4.35. The van der Waals surface area contributed by atoms with E-state index < -0.39 is 0 Å². The Labute approximate surface area is 186 Å². The molecular weight excluding hydrogens is 392 g/mol. The van der Waals surface area contributed by atoms with Gasteiger partial charge in [-0.25, -0.2) is 4.98 Å². The van der Waals surface area contributed by atoms with Crippen molar-refractivity contribution in [2.45, 2.75) is 64.9 Å². The molecule has 0 aromatic carbocycles. The van der Waals surface area contributed by atoms with Crippen molar-refractivity contribution in [1.29, 1.82) is 0 Å². The van der Waals surface area contributed by atoms with E-state index >= 15 is 0 Å². The maximum atomic E-state index is 12.6. The lowest BCUT2D eigenvalue weighted by molar-refractivity contribution is -0.132. The third-order valence-electron chi connectivity index (χ3n) is 6.21. The highest BCUT2D eigenvalue weighted by Gasteiger charge is 2.25. The van der Waals surface area contributed by atoms with Crippen molar-refractivity contribution >= 4 is 17.6 Å². The summed E-state index contributed by atoms with van der Waals surface area (Å²) < 4.78 is 5.48. The molecule has 0 unspecified atom stereocenters. The standard InChI is InChI=1S/C24H38N4O3/c1-19(2)31-16-6-11-25-24(30)21-9-10-22(26-18-21)27-12-14-28(15-13-27)23(29)17-20-7-4-3-5-8-20/h9-10,18-20H,3-8,11-17H2,1-2H3,(H,25,30). The van der Waals surface area contributed by atoms with Crippen molar-refractivity contribution in [2.75, 3.05) is 44.2 Å². The largest absolute Gasteiger partial charge is 0.379 e. The summed E-state index contributed by atoms with van der Waals surface area (Å²) in [6.45, 7) is 8.29. The first-order valence-corrected chi connectivity index (χ1v) is 11.9. The lowest BCUT2D eigenvalue weighted by Crippen LogP contribution is -2.49. The highest BCUT2D eigenvalue weighted by Crippen LogP contribution is 2.27. The van der Waals surface area contributed by atoms with Crippen molar-refractivity contribution < 1.29 is 14.3 Å². The van der Waals surface area contributed by atoms with Gasteiger partial charge in [-0.3, -0.25) is 9.59 Å². The van der Waals surface area contributed by atoms with E-state index in [0.29, 0.717) is 37.0 Å². The predicted molar refractivity (Wildman–Crippen MR) is 122 cm³/mol. The third kappa shape index (κ3) is 7.49. The van der Waals surface area contributed by atoms with Crippen LogP contribution in [0.15, 0.2) is 18.3 Å². The number of pyridine rings is 1. The summed E-state index contributed by atoms with van der Waals surface area (Å²) in [4.78, 5) is 33.6. The highest BCUT2D eigenvalue weighted by molar-refractivity contribution is 5.94. The van der Waals surface area contributed by atoms with E-state index in [0.717, 1.165) is 38.4 Å². The van der Waals surface area contributed by atoms with E-state index in [9.17, 15) is 9.59 Å². The average Bonchev–Trinajstić information content (AvgIpc) is 2.79. The van der Waals surface area contributed by atoms with Crippen LogP contribution < -0.4 is 10.2 Å². The van der Waals surface area contributed by atoms with Gasteiger partial charge >= 0.3 is 0 Å². The summed E-state index contributed by atoms with van der Waals surface area (Å²) in [6, 6.07) is 3.72. The minimum Gasteiger partial charge on any atom is -0.379 e. The van der Waals surface area contributed by atoms with E-state index in [1.54, 1.807) is 6.20 Å². The van der Waals surface area contributed by atoms with Crippen molar-refractivity contribution in [1.82, 2.24) is 15.2 Å². The van der Waals surface area contributed by atoms with E-state index in [1.165, 1.54) is 32.1 Å². The van der Waals surface area contributed by atoms with Crippen LogP contribution in [0.1, 0.15) is 69.2 Å². The lowest BCUT2D eigenvalue weighted by Gasteiger charge is -2.36. The quantitative estimate of drug-likeness (QED) is 0.609. The van der Waals surface area contributed by atoms with Crippen LogP contribution in [0, 0.1) is 5.92 Å². The van der Waals surface area contributed by atoms with Gasteiger partial charge in [-0.2, -0.15) is 0 Å². The maximum Gasteiger partial charge on any atom is 0.252 e. The third-order valence-corrected chi connectivity index (χ3v) is 6.21. The number of carbonyl (C=O) groups excluding carboxylic acids is 2. The van der Waals surface area contributed by atoms with Crippen molar-refractivity contribution in [3.8, 4) is 0 Å². The second-order valence-corrected chi connectivity index (χ2v) is 9.01. The molecule has 7 nitrogen and oxygen atoms in total. The van der Waals surface area contributed by atoms with E-state index in [2.05, 4.69) is 15.2 Å². The second kappa shape index (κ2) is 12.0. The molecule has 1 aromatic rings. The van der Waals surface area contributed by atoms with Crippen molar-refractivity contribution in [2.24, 2.45) is 5.92 Å². The first-order chi connectivity index (χ1) is 15.0. The fraction of sp³-hybridized carbons (Fsp3) is 0.708. The van der Waals surface area contributed by atoms with Gasteiger partial charge in [-0.15, -0.1) is 0 Å². The van der Waals surface area contributed by atoms with Crippen LogP contribution in [0.4, 0.5) is 5.82 Å². The molecule has 0 radical (unpaired) electrons. The van der Waals surface area contributed by atoms with Gasteiger partial charge < -0.3 is 19.9 Å². The maximum absolute atomic E-state index is 12.6. The number of carbonyl (C=O) groups is 2. The first-order valence-electron chi connectivity index (χ1n) is 11.9. The van der Waals surface area contributed by atoms with Crippen molar-refractivity contribution in [3.05, 3.63) is 23.9 Å². The number of nitrogens with zero attached hydrogens (tertiary/aromatic N) is 3. The van der Waals surface area contributed by atoms with Crippen LogP contribution >= 0.6 is 0 Å². The molecule has 1 N–H and O–H groups in total. The highest BCUT2D eigenvalue weighted by atomic mass is 16.5. The van der Waals surface area contributed by atoms with Gasteiger partial charge in [0.05, 0.1) is 11.7 Å². The normalized spacial score (nSPS) is 17.8. The summed E-state index contributed by atoms with van der Waals surface area (Å²) in [7, 11) is 0. The zero-order valence-corrected chi connectivity index (χ0v) is 19.1. The Bertz CT molecular complexity index is 693. The summed E-state index contributed by atoms with van der Waals surface area (Å²) in [5.74, 6) is 1.65. The molecule has 2 aliphatic rings. The van der Waals surface area contributed by atoms with Gasteiger partial charge in [0.2, 0.25) is 5.91 Å². The molecule has 172 valence electrons. The molecule has 2 fully saturated rings. The second-order valence-electron chi connectivity index (χ2n) is 9.01. The van der Waals surface area contributed by atoms with Gasteiger partial charge in [-0.1, -0.05) is 19.3 Å². The van der Waals surface area contributed by atoms with Gasteiger partial charge in [-0.05, 0) is 51.2 Å². The minimum absolute atomic E-state index is 0.110. The summed E-state index contributed by atoms with van der Waals surface area (Å²) in [5.41, 5.74) is 0.565. The summed E-state index contributed by atoms with van der Waals surface area (Å²) >= 11 is 0. The van der Waals surface area contributed by atoms with Crippen LogP contribution in [-0.4, -0.2) is 67.1 Å². The van der Waals surface area contributed by atoms with Gasteiger partial charge in [0.15, 0.2) is 0 Å². The van der Waals surface area contributed by atoms with Crippen LogP contribution in [-0.2, 0) is 9.53 Å². The number of anilines is 1. The Balaban J connectivity index is 1.39. The SMILES string of the molecule is CC(C)OCCCNC(=O)c1ccc(N2CCN(C(=O)CC3CCCCC3)CC2)nc1. The molecule has 1 aliphatic heterocycles. The smallest absolute Gasteiger partial charge is 0.252 e. The van der Waals surface area contributed by atoms with Crippen LogP contribution in [0.3, 0.4) is 0 Å². The first kappa shape index (κ1) is 23.5. The van der Waals surface area contributed by atoms with Gasteiger partial charge in [0.25, 0.3) is 5.91 Å². The molecule has 0 spiro atoms. The number of ether oxygens (including phenoxy) is 1. The molecule has 1 aliphatic carbocycles. The van der Waals surface area contributed by atoms with E-state index in [-0.39, 0.29) is 12.0 Å². The monoisotopic (exact) mass is 430 g/mol. The zero-order valence-electron chi connectivity index (χ0n) is 19.1. The van der Waals surface area contributed by atoms with E-state index in [1.807, 2.05) is 30.9 Å². The Morgan fingerprint density at radius 3 is 2.52 bits per heavy atom. The molecule has 3 rings (SSSR count). The molecule has 0 bridgehead atoms. The summed E-state index contributed by atoms with van der Waals surface area (Å²) in [6.07, 6.45) is 9.65. The fourth-order valence-electron chi connectivity index (χ4n) is 4.35. The number of nitrogens with one attached hydrogen (secondary N) is 1. The number of aromatic nitrogens is 1. The van der Waals surface area contributed by atoms with Gasteiger partial charge in [0.1, 0.15) is 5.82 Å². The molecule has 1 saturated carbocycles. The molecule has 2 amide bonds. The zero-order chi connectivity index (χ0) is 22.1. The molecule has 1 saturated heterocycles. The molecule has 31 heavy (non-hydrogen) atoms. The Kier molecular flexibility index (Phi) is 9.13. The number of rotatable bonds is 9. The number of amides is 2. The Morgan fingerprint density at radius 1 is 1.13 bits per heavy atom. The molecular formula is C24H38N4O3. The van der Waals surface area contributed by atoms with Crippen LogP contribution in [0.25, 0.3) is 0 Å².